The maximum Gasteiger partial charge on any atom is 0.309 e. The summed E-state index contributed by atoms with van der Waals surface area (Å²) in [7, 11) is 1.33. The lowest BCUT2D eigenvalue weighted by Crippen LogP contribution is -2.06. The van der Waals surface area contributed by atoms with Crippen LogP contribution in [0.2, 0.25) is 5.02 Å². The normalized spacial score (nSPS) is 9.47. The Morgan fingerprint density at radius 3 is 2.80 bits per heavy atom. The Balaban J connectivity index is 3.12. The van der Waals surface area contributed by atoms with Crippen LogP contribution in [0.25, 0.3) is 0 Å². The number of carbonyl (C=O) groups is 1. The van der Waals surface area contributed by atoms with E-state index in [2.05, 4.69) is 4.74 Å². The predicted octanol–water partition coefficient (Wildman–Crippen LogP) is 2.24. The quantitative estimate of drug-likeness (QED) is 0.723. The van der Waals surface area contributed by atoms with Crippen molar-refractivity contribution in [1.29, 1.82) is 5.26 Å². The second-order valence-electron chi connectivity index (χ2n) is 3.11. The Morgan fingerprint density at radius 1 is 1.60 bits per heavy atom. The van der Waals surface area contributed by atoms with Gasteiger partial charge in [-0.1, -0.05) is 11.6 Å². The van der Waals surface area contributed by atoms with Gasteiger partial charge >= 0.3 is 5.97 Å². The molecule has 3 nitrogen and oxygen atoms in total. The van der Waals surface area contributed by atoms with Crippen molar-refractivity contribution in [2.24, 2.45) is 0 Å². The second kappa shape index (κ2) is 4.81. The summed E-state index contributed by atoms with van der Waals surface area (Å²) in [5.41, 5.74) is 1.98. The Labute approximate surface area is 93.2 Å². The summed E-state index contributed by atoms with van der Waals surface area (Å²) in [6.07, 6.45) is 0.136. The number of nitriles is 1. The lowest BCUT2D eigenvalue weighted by atomic mass is 10.0. The number of ether oxygens (including phenoxy) is 1. The largest absolute Gasteiger partial charge is 0.469 e. The molecule has 15 heavy (non-hydrogen) atoms. The zero-order valence-corrected chi connectivity index (χ0v) is 9.26. The minimum absolute atomic E-state index is 0.136. The number of rotatable bonds is 2. The molecule has 0 atom stereocenters. The fourth-order valence-electron chi connectivity index (χ4n) is 1.21. The molecule has 0 aliphatic rings. The van der Waals surface area contributed by atoms with E-state index in [4.69, 9.17) is 16.9 Å². The van der Waals surface area contributed by atoms with Gasteiger partial charge in [-0.3, -0.25) is 4.79 Å². The first-order valence-electron chi connectivity index (χ1n) is 4.34. The van der Waals surface area contributed by atoms with Gasteiger partial charge in [-0.15, -0.1) is 0 Å². The summed E-state index contributed by atoms with van der Waals surface area (Å²) in [4.78, 5) is 11.1. The number of esters is 1. The Morgan fingerprint density at radius 2 is 2.27 bits per heavy atom. The minimum atomic E-state index is -0.343. The highest BCUT2D eigenvalue weighted by Gasteiger charge is 2.10. The Hall–Kier alpha value is -1.53. The Kier molecular flexibility index (Phi) is 3.70. The van der Waals surface area contributed by atoms with Gasteiger partial charge in [-0.25, -0.2) is 0 Å². The number of hydrogen-bond acceptors (Lipinski definition) is 3. The highest BCUT2D eigenvalue weighted by molar-refractivity contribution is 6.31. The molecule has 0 bridgehead atoms. The standard InChI is InChI=1S/C11H10ClNO2/c1-7-9(5-11(14)15-2)3-8(6-13)4-10(7)12/h3-4H,5H2,1-2H3. The van der Waals surface area contributed by atoms with Crippen LogP contribution in [0.4, 0.5) is 0 Å². The maximum atomic E-state index is 11.1. The number of nitrogens with zero attached hydrogens (tertiary/aromatic N) is 1. The van der Waals surface area contributed by atoms with E-state index in [0.29, 0.717) is 10.6 Å². The van der Waals surface area contributed by atoms with Gasteiger partial charge in [0.15, 0.2) is 0 Å². The van der Waals surface area contributed by atoms with Crippen LogP contribution in [0.15, 0.2) is 12.1 Å². The van der Waals surface area contributed by atoms with E-state index < -0.39 is 0 Å². The van der Waals surface area contributed by atoms with E-state index in [9.17, 15) is 4.79 Å². The van der Waals surface area contributed by atoms with Crippen LogP contribution in [0.3, 0.4) is 0 Å². The molecule has 1 rings (SSSR count). The molecule has 1 aromatic rings. The number of methoxy groups -OCH3 is 1. The van der Waals surface area contributed by atoms with Gasteiger partial charge < -0.3 is 4.74 Å². The van der Waals surface area contributed by atoms with Crippen molar-refractivity contribution in [1.82, 2.24) is 0 Å². The summed E-state index contributed by atoms with van der Waals surface area (Å²) in [5.74, 6) is -0.343. The minimum Gasteiger partial charge on any atom is -0.469 e. The van der Waals surface area contributed by atoms with Crippen molar-refractivity contribution in [3.05, 3.63) is 33.8 Å². The van der Waals surface area contributed by atoms with E-state index in [1.165, 1.54) is 7.11 Å². The Bertz CT molecular complexity index is 435. The molecule has 0 spiro atoms. The van der Waals surface area contributed by atoms with Crippen molar-refractivity contribution >= 4 is 17.6 Å². The lowest BCUT2D eigenvalue weighted by molar-refractivity contribution is -0.139. The molecule has 1 aromatic carbocycles. The van der Waals surface area contributed by atoms with Gasteiger partial charge in [0.1, 0.15) is 0 Å². The van der Waals surface area contributed by atoms with Crippen LogP contribution in [0.1, 0.15) is 16.7 Å². The highest BCUT2D eigenvalue weighted by Crippen LogP contribution is 2.22. The molecule has 0 radical (unpaired) electrons. The second-order valence-corrected chi connectivity index (χ2v) is 3.51. The lowest BCUT2D eigenvalue weighted by Gasteiger charge is -2.06. The molecule has 0 aliphatic carbocycles. The first-order chi connectivity index (χ1) is 7.08. The van der Waals surface area contributed by atoms with Crippen LogP contribution < -0.4 is 0 Å². The number of halogens is 1. The maximum absolute atomic E-state index is 11.1. The number of benzene rings is 1. The van der Waals surface area contributed by atoms with Gasteiger partial charge in [-0.2, -0.15) is 5.26 Å². The summed E-state index contributed by atoms with van der Waals surface area (Å²) in [5, 5.41) is 9.24. The van der Waals surface area contributed by atoms with E-state index in [0.717, 1.165) is 11.1 Å². The zero-order valence-electron chi connectivity index (χ0n) is 8.50. The van der Waals surface area contributed by atoms with E-state index in [1.807, 2.05) is 13.0 Å². The van der Waals surface area contributed by atoms with Gasteiger partial charge in [0, 0.05) is 5.02 Å². The molecular weight excluding hydrogens is 214 g/mol. The summed E-state index contributed by atoms with van der Waals surface area (Å²) in [6, 6.07) is 5.22. The summed E-state index contributed by atoms with van der Waals surface area (Å²) in [6.45, 7) is 1.81. The molecule has 0 fully saturated rings. The molecule has 0 aromatic heterocycles. The van der Waals surface area contributed by atoms with E-state index in [-0.39, 0.29) is 12.4 Å². The van der Waals surface area contributed by atoms with Crippen molar-refractivity contribution in [3.8, 4) is 6.07 Å². The molecule has 4 heteroatoms. The van der Waals surface area contributed by atoms with Gasteiger partial charge in [0.05, 0.1) is 25.2 Å². The van der Waals surface area contributed by atoms with E-state index >= 15 is 0 Å². The van der Waals surface area contributed by atoms with Crippen LogP contribution in [0, 0.1) is 18.3 Å². The van der Waals surface area contributed by atoms with Crippen molar-refractivity contribution in [2.75, 3.05) is 7.11 Å². The highest BCUT2D eigenvalue weighted by atomic mass is 35.5. The fraction of sp³-hybridized carbons (Fsp3) is 0.273. The SMILES string of the molecule is COC(=O)Cc1cc(C#N)cc(Cl)c1C. The molecular formula is C11H10ClNO2. The monoisotopic (exact) mass is 223 g/mol. The third-order valence-electron chi connectivity index (χ3n) is 2.14. The zero-order chi connectivity index (χ0) is 11.4. The van der Waals surface area contributed by atoms with Crippen molar-refractivity contribution in [3.63, 3.8) is 0 Å². The smallest absolute Gasteiger partial charge is 0.309 e. The molecule has 78 valence electrons. The van der Waals surface area contributed by atoms with Crippen LogP contribution in [-0.2, 0) is 16.0 Å². The molecule has 0 unspecified atom stereocenters. The fourth-order valence-corrected chi connectivity index (χ4v) is 1.45. The van der Waals surface area contributed by atoms with Crippen LogP contribution in [-0.4, -0.2) is 13.1 Å². The first kappa shape index (κ1) is 11.5. The van der Waals surface area contributed by atoms with Crippen LogP contribution >= 0.6 is 11.6 Å². The summed E-state index contributed by atoms with van der Waals surface area (Å²) < 4.78 is 4.56. The average Bonchev–Trinajstić information content (AvgIpc) is 2.24. The third-order valence-corrected chi connectivity index (χ3v) is 2.54. The predicted molar refractivity (Wildman–Crippen MR) is 56.6 cm³/mol. The van der Waals surface area contributed by atoms with Crippen molar-refractivity contribution in [2.45, 2.75) is 13.3 Å². The topological polar surface area (TPSA) is 50.1 Å². The van der Waals surface area contributed by atoms with Gasteiger partial charge in [-0.05, 0) is 30.2 Å². The van der Waals surface area contributed by atoms with E-state index in [1.54, 1.807) is 12.1 Å². The van der Waals surface area contributed by atoms with Crippen molar-refractivity contribution < 1.29 is 9.53 Å². The number of carbonyl (C=O) groups excluding carboxylic acids is 1. The van der Waals surface area contributed by atoms with Crippen LogP contribution in [0.5, 0.6) is 0 Å². The average molecular weight is 224 g/mol. The molecule has 0 heterocycles. The molecule has 0 amide bonds. The third kappa shape index (κ3) is 2.71. The van der Waals surface area contributed by atoms with Gasteiger partial charge in [0.2, 0.25) is 0 Å². The number of hydrogen-bond donors (Lipinski definition) is 0. The molecule has 0 aliphatic heterocycles. The first-order valence-corrected chi connectivity index (χ1v) is 4.72. The molecule has 0 N–H and O–H groups in total. The van der Waals surface area contributed by atoms with Gasteiger partial charge in [0.25, 0.3) is 0 Å². The molecule has 0 saturated carbocycles. The molecule has 0 saturated heterocycles. The summed E-state index contributed by atoms with van der Waals surface area (Å²) >= 11 is 5.92.